The fraction of sp³-hybridized carbons (Fsp3) is 0.279. The van der Waals surface area contributed by atoms with Gasteiger partial charge in [-0.1, -0.05) is 11.6 Å². The number of alkyl halides is 6. The van der Waals surface area contributed by atoms with Crippen molar-refractivity contribution in [1.82, 2.24) is 50.0 Å². The van der Waals surface area contributed by atoms with Gasteiger partial charge in [-0.05, 0) is 147 Å². The third-order valence-corrected chi connectivity index (χ3v) is 17.2. The van der Waals surface area contributed by atoms with E-state index in [9.17, 15) is 63.1 Å². The molecule has 5 saturated heterocycles. The van der Waals surface area contributed by atoms with Crippen LogP contribution in [0.5, 0.6) is 0 Å². The number of aryl methyl sites for hydroxylation is 1. The summed E-state index contributed by atoms with van der Waals surface area (Å²) in [5.74, 6) is -5.05. The molecule has 2 bridgehead atoms. The van der Waals surface area contributed by atoms with Gasteiger partial charge in [0.25, 0.3) is 11.8 Å². The molecule has 27 heteroatoms. The molecule has 0 aliphatic carbocycles. The van der Waals surface area contributed by atoms with Gasteiger partial charge >= 0.3 is 12.4 Å². The van der Waals surface area contributed by atoms with Crippen molar-refractivity contribution in [3.63, 3.8) is 0 Å². The molecule has 5 fully saturated rings. The van der Waals surface area contributed by atoms with Crippen LogP contribution in [0.3, 0.4) is 0 Å². The molecule has 2 N–H and O–H groups in total. The molecule has 5 aliphatic rings. The molecule has 16 nitrogen and oxygen atoms in total. The zero-order valence-electron chi connectivity index (χ0n) is 46.2. The van der Waals surface area contributed by atoms with E-state index in [0.29, 0.717) is 77.6 Å². The summed E-state index contributed by atoms with van der Waals surface area (Å²) < 4.78 is 139. The van der Waals surface area contributed by atoms with Crippen LogP contribution in [0.4, 0.5) is 55.3 Å². The Morgan fingerprint density at radius 2 is 1.07 bits per heavy atom. The summed E-state index contributed by atoms with van der Waals surface area (Å²) in [6, 6.07) is 23.0. The quantitative estimate of drug-likeness (QED) is 0.140. The molecule has 8 aromatic rings. The number of fused-ring (bicyclic) bond motifs is 2. The third kappa shape index (κ3) is 10.6. The Balaban J connectivity index is 0.000000171. The van der Waals surface area contributed by atoms with Crippen molar-refractivity contribution >= 4 is 46.6 Å². The number of nitrogens with zero attached hydrogens (tertiary/aromatic N) is 10. The Morgan fingerprint density at radius 3 is 1.55 bits per heavy atom. The number of pyridine rings is 2. The van der Waals surface area contributed by atoms with Crippen molar-refractivity contribution < 1.29 is 63.1 Å². The summed E-state index contributed by atoms with van der Waals surface area (Å²) >= 11 is 6.09. The maximum Gasteiger partial charge on any atom is 0.419 e. The molecule has 4 aromatic carbocycles. The molecule has 13 rings (SSSR count). The molecule has 2 spiro atoms. The average Bonchev–Trinajstić information content (AvgIpc) is 1.57. The highest BCUT2D eigenvalue weighted by atomic mass is 35.5. The Morgan fingerprint density at radius 1 is 0.591 bits per heavy atom. The number of benzene rings is 4. The minimum atomic E-state index is -4.94. The van der Waals surface area contributed by atoms with E-state index in [-0.39, 0.29) is 102 Å². The molecular weight excluding hydrogens is 1190 g/mol. The second-order valence-corrected chi connectivity index (χ2v) is 22.4. The summed E-state index contributed by atoms with van der Waals surface area (Å²) in [5.41, 5.74) is -1.89. The van der Waals surface area contributed by atoms with Crippen LogP contribution in [-0.2, 0) is 21.9 Å². The van der Waals surface area contributed by atoms with Crippen LogP contribution >= 0.6 is 11.6 Å². The fourth-order valence-corrected chi connectivity index (χ4v) is 13.0. The Hall–Kier alpha value is -9.33. The first-order valence-electron chi connectivity index (χ1n) is 27.6. The first-order chi connectivity index (χ1) is 41.9. The van der Waals surface area contributed by atoms with Crippen LogP contribution in [0, 0.1) is 30.2 Å². The number of halogens is 11. The molecular formula is C61H49ClF10N12O4. The van der Waals surface area contributed by atoms with Crippen molar-refractivity contribution in [3.8, 4) is 33.9 Å². The second-order valence-electron chi connectivity index (χ2n) is 22.0. The van der Waals surface area contributed by atoms with Crippen LogP contribution in [0.25, 0.3) is 33.9 Å². The van der Waals surface area contributed by atoms with E-state index in [0.717, 1.165) is 16.8 Å². The molecule has 2 unspecified atom stereocenters. The molecule has 88 heavy (non-hydrogen) atoms. The average molecular weight is 1240 g/mol. The van der Waals surface area contributed by atoms with E-state index in [1.807, 2.05) is 9.80 Å². The SMILES string of the molecule is Cc1cc(N2CNC(=O)C23CCN(C(=O)c2cc(-c4cccnc4)n(-c4ccc(F)c(C(F)(F)F)c4)n2)CC3)cc(Cl)c1F.O=C(c1cc(-c2cccnc2)n(-c2ccc(F)c(C(F)(F)F)c2)n1)N1C2CCC1CC1(C2)C(=O)NCN1c1ccc(F)cc1. The molecule has 2 atom stereocenters. The first kappa shape index (κ1) is 59.0. The first-order valence-corrected chi connectivity index (χ1v) is 28.0. The fourth-order valence-electron chi connectivity index (χ4n) is 12.7. The van der Waals surface area contributed by atoms with E-state index in [4.69, 9.17) is 11.6 Å². The zero-order chi connectivity index (χ0) is 62.2. The highest BCUT2D eigenvalue weighted by Crippen LogP contribution is 2.48. The maximum atomic E-state index is 14.2. The number of carbonyl (C=O) groups excluding carboxylic acids is 4. The van der Waals surface area contributed by atoms with Gasteiger partial charge in [0.2, 0.25) is 11.8 Å². The van der Waals surface area contributed by atoms with E-state index >= 15 is 0 Å². The topological polar surface area (TPSA) is 167 Å². The monoisotopic (exact) mass is 1240 g/mol. The van der Waals surface area contributed by atoms with Gasteiger partial charge in [0, 0.05) is 85.3 Å². The van der Waals surface area contributed by atoms with Crippen LogP contribution in [-0.4, -0.2) is 113 Å². The van der Waals surface area contributed by atoms with Gasteiger partial charge in [0.15, 0.2) is 11.4 Å². The van der Waals surface area contributed by atoms with Crippen molar-refractivity contribution in [2.45, 2.75) is 81.0 Å². The van der Waals surface area contributed by atoms with Gasteiger partial charge in [-0.25, -0.2) is 26.9 Å². The maximum absolute atomic E-state index is 14.2. The van der Waals surface area contributed by atoms with Gasteiger partial charge in [0.1, 0.15) is 34.3 Å². The lowest BCUT2D eigenvalue weighted by molar-refractivity contribution is -0.140. The lowest BCUT2D eigenvalue weighted by atomic mass is 9.81. The number of rotatable bonds is 8. The lowest BCUT2D eigenvalue weighted by Crippen LogP contribution is -2.61. The largest absolute Gasteiger partial charge is 0.419 e. The minimum absolute atomic E-state index is 0.000788. The standard InChI is InChI=1S/C31H25F5N6O2.C30H24ClF5N6O2/c32-19-3-5-20(6-4-19)40-17-38-29(44)30(40)14-22-7-8-23(15-30)41(22)28(43)26-13-27(18-2-1-11-37-16-18)42(39-26)21-9-10-25(33)24(12-21)31(34,35)36;1-17-11-20(13-22(31)26(17)33)41-16-38-28(44)29(41)6-9-40(10-7-29)27(43)24-14-25(18-3-2-8-37-15-18)42(39-24)19-4-5-23(32)21(12-19)30(34,35)36/h1-6,9-13,16,22-23H,7-8,14-15,17H2,(H,38,44);2-5,8,11-15H,6-7,9-10,16H2,1H3,(H,38,44). The lowest BCUT2D eigenvalue weighted by Gasteiger charge is -2.47. The van der Waals surface area contributed by atoms with Crippen LogP contribution in [0.1, 0.15) is 76.2 Å². The van der Waals surface area contributed by atoms with Gasteiger partial charge in [-0.2, -0.15) is 36.5 Å². The predicted octanol–water partition coefficient (Wildman–Crippen LogP) is 11.1. The smallest absolute Gasteiger partial charge is 0.339 e. The van der Waals surface area contributed by atoms with Gasteiger partial charge in [-0.3, -0.25) is 29.1 Å². The molecule has 4 aromatic heterocycles. The van der Waals surface area contributed by atoms with Crippen LogP contribution < -0.4 is 20.4 Å². The number of carbonyl (C=O) groups is 4. The number of anilines is 2. The van der Waals surface area contributed by atoms with E-state index < -0.39 is 63.8 Å². The van der Waals surface area contributed by atoms with Crippen molar-refractivity contribution in [2.75, 3.05) is 36.2 Å². The second kappa shape index (κ2) is 22.4. The zero-order valence-corrected chi connectivity index (χ0v) is 46.9. The van der Waals surface area contributed by atoms with E-state index in [1.54, 1.807) is 54.3 Å². The Kier molecular flexibility index (Phi) is 15.0. The summed E-state index contributed by atoms with van der Waals surface area (Å²) in [7, 11) is 0. The number of hydrogen-bond donors (Lipinski definition) is 2. The normalized spacial score (nSPS) is 19.7. The van der Waals surface area contributed by atoms with Crippen molar-refractivity contribution in [3.05, 3.63) is 190 Å². The predicted molar refractivity (Wildman–Crippen MR) is 300 cm³/mol. The van der Waals surface area contributed by atoms with Crippen molar-refractivity contribution in [2.24, 2.45) is 0 Å². The molecule has 9 heterocycles. The van der Waals surface area contributed by atoms with Gasteiger partial charge in [0.05, 0.1) is 52.2 Å². The summed E-state index contributed by atoms with van der Waals surface area (Å²) in [6.45, 7) is 2.36. The highest BCUT2D eigenvalue weighted by Gasteiger charge is 2.59. The number of aromatic nitrogens is 6. The summed E-state index contributed by atoms with van der Waals surface area (Å²) in [6.07, 6.45) is -1.34. The third-order valence-electron chi connectivity index (χ3n) is 17.0. The Bertz CT molecular complexity index is 4010. The Labute approximate surface area is 499 Å². The van der Waals surface area contributed by atoms with Crippen LogP contribution in [0.15, 0.2) is 134 Å². The van der Waals surface area contributed by atoms with Crippen LogP contribution in [0.2, 0.25) is 5.02 Å². The minimum Gasteiger partial charge on any atom is -0.339 e. The van der Waals surface area contributed by atoms with Crippen molar-refractivity contribution in [1.29, 1.82) is 0 Å². The molecule has 454 valence electrons. The number of piperidine rings is 2. The molecule has 5 aliphatic heterocycles. The molecule has 0 radical (unpaired) electrons. The number of nitrogens with one attached hydrogen (secondary N) is 2. The van der Waals surface area contributed by atoms with E-state index in [2.05, 4.69) is 30.8 Å². The summed E-state index contributed by atoms with van der Waals surface area (Å²) in [5, 5.41) is 14.5. The number of amides is 4. The van der Waals surface area contributed by atoms with Gasteiger partial charge in [-0.15, -0.1) is 0 Å². The number of hydrogen-bond acceptors (Lipinski definition) is 10. The number of likely N-dealkylation sites (tertiary alicyclic amines) is 1. The highest BCUT2D eigenvalue weighted by molar-refractivity contribution is 6.31. The molecule has 0 saturated carbocycles. The van der Waals surface area contributed by atoms with E-state index in [1.165, 1.54) is 70.8 Å². The summed E-state index contributed by atoms with van der Waals surface area (Å²) in [4.78, 5) is 69.3. The molecule has 4 amide bonds. The van der Waals surface area contributed by atoms with Gasteiger partial charge < -0.3 is 30.2 Å².